The highest BCUT2D eigenvalue weighted by Crippen LogP contribution is 2.42. The van der Waals surface area contributed by atoms with Crippen LogP contribution in [0.4, 0.5) is 14.5 Å². The largest absolute Gasteiger partial charge is 0.420 e. The zero-order chi connectivity index (χ0) is 22.6. The first-order valence-electron chi connectivity index (χ1n) is 9.95. The van der Waals surface area contributed by atoms with Gasteiger partial charge < -0.3 is 10.1 Å². The monoisotopic (exact) mass is 431 g/mol. The van der Waals surface area contributed by atoms with Crippen LogP contribution in [-0.4, -0.2) is 17.7 Å². The third-order valence-electron chi connectivity index (χ3n) is 5.03. The van der Waals surface area contributed by atoms with Gasteiger partial charge in [-0.15, -0.1) is 0 Å². The number of hydrogen-bond donors (Lipinski definition) is 1. The van der Waals surface area contributed by atoms with Crippen molar-refractivity contribution in [3.8, 4) is 0 Å². The molecule has 3 aromatic carbocycles. The predicted octanol–water partition coefficient (Wildman–Crippen LogP) is 5.71. The summed E-state index contributed by atoms with van der Waals surface area (Å²) < 4.78 is 36.7. The lowest BCUT2D eigenvalue weighted by Crippen LogP contribution is -2.45. The predicted molar refractivity (Wildman–Crippen MR) is 118 cm³/mol. The molecule has 0 spiro atoms. The summed E-state index contributed by atoms with van der Waals surface area (Å²) in [4.78, 5) is 25.6. The van der Waals surface area contributed by atoms with Gasteiger partial charge in [0, 0.05) is 11.3 Å². The van der Waals surface area contributed by atoms with Gasteiger partial charge in [0.05, 0.1) is 5.56 Å². The number of anilines is 1. The Bertz CT molecular complexity index is 1180. The molecule has 4 nitrogen and oxygen atoms in total. The second-order valence-corrected chi connectivity index (χ2v) is 7.20. The SMILES string of the molecule is O=C(OC1(F)C=CC(c2ccccc2)=C(F)C1C(=O)Nc1ccccc1)c1ccccc1. The molecule has 1 aliphatic carbocycles. The number of hydrogen-bond acceptors (Lipinski definition) is 3. The summed E-state index contributed by atoms with van der Waals surface area (Å²) in [5.41, 5.74) is 0.953. The van der Waals surface area contributed by atoms with Crippen molar-refractivity contribution in [2.45, 2.75) is 5.85 Å². The number of carbonyl (C=O) groups is 2. The van der Waals surface area contributed by atoms with E-state index in [9.17, 15) is 9.59 Å². The van der Waals surface area contributed by atoms with Gasteiger partial charge in [0.1, 0.15) is 5.83 Å². The molecule has 1 aliphatic rings. The maximum atomic E-state index is 16.0. The van der Waals surface area contributed by atoms with Crippen molar-refractivity contribution in [1.29, 1.82) is 0 Å². The summed E-state index contributed by atoms with van der Waals surface area (Å²) in [5, 5.41) is 2.50. The van der Waals surface area contributed by atoms with Crippen LogP contribution in [0.25, 0.3) is 5.57 Å². The highest BCUT2D eigenvalue weighted by Gasteiger charge is 2.51. The van der Waals surface area contributed by atoms with E-state index in [-0.39, 0.29) is 11.1 Å². The minimum Gasteiger partial charge on any atom is -0.420 e. The second-order valence-electron chi connectivity index (χ2n) is 7.20. The van der Waals surface area contributed by atoms with Crippen molar-refractivity contribution in [3.63, 3.8) is 0 Å². The highest BCUT2D eigenvalue weighted by molar-refractivity contribution is 5.98. The van der Waals surface area contributed by atoms with E-state index in [1.807, 2.05) is 0 Å². The van der Waals surface area contributed by atoms with Crippen molar-refractivity contribution < 1.29 is 23.1 Å². The molecule has 6 heteroatoms. The van der Waals surface area contributed by atoms with Gasteiger partial charge >= 0.3 is 5.97 Å². The van der Waals surface area contributed by atoms with Gasteiger partial charge in [0.15, 0.2) is 5.92 Å². The summed E-state index contributed by atoms with van der Waals surface area (Å²) in [5.74, 6) is -8.07. The third-order valence-corrected chi connectivity index (χ3v) is 5.03. The fraction of sp³-hybridized carbons (Fsp3) is 0.0769. The Balaban J connectivity index is 1.72. The van der Waals surface area contributed by atoms with Gasteiger partial charge in [-0.2, -0.15) is 4.39 Å². The number of amides is 1. The summed E-state index contributed by atoms with van der Waals surface area (Å²) in [7, 11) is 0. The van der Waals surface area contributed by atoms with E-state index in [1.165, 1.54) is 18.2 Å². The molecule has 0 heterocycles. The topological polar surface area (TPSA) is 55.4 Å². The van der Waals surface area contributed by atoms with Crippen LogP contribution in [-0.2, 0) is 9.53 Å². The van der Waals surface area contributed by atoms with Gasteiger partial charge in [-0.3, -0.25) is 4.79 Å². The average molecular weight is 431 g/mol. The van der Waals surface area contributed by atoms with Crippen LogP contribution in [0, 0.1) is 5.92 Å². The van der Waals surface area contributed by atoms with Crippen molar-refractivity contribution in [2.24, 2.45) is 5.92 Å². The number of benzene rings is 3. The van der Waals surface area contributed by atoms with E-state index < -0.39 is 29.5 Å². The van der Waals surface area contributed by atoms with E-state index in [4.69, 9.17) is 4.74 Å². The van der Waals surface area contributed by atoms with Crippen LogP contribution < -0.4 is 5.32 Å². The zero-order valence-corrected chi connectivity index (χ0v) is 16.9. The lowest BCUT2D eigenvalue weighted by Gasteiger charge is -2.32. The Kier molecular flexibility index (Phi) is 5.94. The quantitative estimate of drug-likeness (QED) is 0.526. The average Bonchev–Trinajstić information content (AvgIpc) is 2.81. The molecule has 1 N–H and O–H groups in total. The summed E-state index contributed by atoms with van der Waals surface area (Å²) in [6.45, 7) is 0. The van der Waals surface area contributed by atoms with E-state index in [1.54, 1.807) is 78.9 Å². The molecule has 0 saturated heterocycles. The van der Waals surface area contributed by atoms with Crippen LogP contribution in [0.15, 0.2) is 109 Å². The standard InChI is InChI=1S/C26H19F2NO3/c27-23-21(18-10-4-1-5-11-18)16-17-26(28,32-25(31)19-12-6-2-7-13-19)22(23)24(30)29-20-14-8-3-9-15-20/h1-17,22H,(H,29,30). The molecule has 3 aromatic rings. The number of rotatable bonds is 5. The number of ether oxygens (including phenoxy) is 1. The van der Waals surface area contributed by atoms with Gasteiger partial charge in [0.25, 0.3) is 5.85 Å². The number of esters is 1. The second kappa shape index (κ2) is 8.98. The summed E-state index contributed by atoms with van der Waals surface area (Å²) in [6, 6.07) is 24.5. The van der Waals surface area contributed by atoms with E-state index >= 15 is 8.78 Å². The minimum atomic E-state index is -3.02. The molecule has 0 aliphatic heterocycles. The van der Waals surface area contributed by atoms with Crippen LogP contribution in [0.2, 0.25) is 0 Å². The van der Waals surface area contributed by atoms with Crippen molar-refractivity contribution in [1.82, 2.24) is 0 Å². The molecule has 2 atom stereocenters. The minimum absolute atomic E-state index is 0.0443. The molecule has 0 radical (unpaired) electrons. The summed E-state index contributed by atoms with van der Waals surface area (Å²) in [6.07, 6.45) is 2.10. The lowest BCUT2D eigenvalue weighted by molar-refractivity contribution is -0.139. The molecule has 0 bridgehead atoms. The Morgan fingerprint density at radius 1 is 0.844 bits per heavy atom. The molecular formula is C26H19F2NO3. The molecule has 0 fully saturated rings. The van der Waals surface area contributed by atoms with Crippen LogP contribution >= 0.6 is 0 Å². The number of nitrogens with one attached hydrogen (secondary N) is 1. The van der Waals surface area contributed by atoms with Crippen LogP contribution in [0.5, 0.6) is 0 Å². The van der Waals surface area contributed by atoms with Crippen LogP contribution in [0.3, 0.4) is 0 Å². The van der Waals surface area contributed by atoms with Crippen molar-refractivity contribution >= 4 is 23.1 Å². The first-order chi connectivity index (χ1) is 15.5. The maximum Gasteiger partial charge on any atom is 0.341 e. The number of para-hydroxylation sites is 1. The molecule has 160 valence electrons. The fourth-order valence-electron chi connectivity index (χ4n) is 3.45. The first kappa shape index (κ1) is 21.2. The Morgan fingerprint density at radius 3 is 2.03 bits per heavy atom. The number of alkyl halides is 1. The highest BCUT2D eigenvalue weighted by atomic mass is 19.2. The lowest BCUT2D eigenvalue weighted by atomic mass is 9.86. The zero-order valence-electron chi connectivity index (χ0n) is 16.9. The smallest absolute Gasteiger partial charge is 0.341 e. The van der Waals surface area contributed by atoms with Crippen LogP contribution in [0.1, 0.15) is 15.9 Å². The fourth-order valence-corrected chi connectivity index (χ4v) is 3.45. The number of carbonyl (C=O) groups excluding carboxylic acids is 2. The first-order valence-corrected chi connectivity index (χ1v) is 9.95. The maximum absolute atomic E-state index is 16.0. The molecule has 2 unspecified atom stereocenters. The Morgan fingerprint density at radius 2 is 1.41 bits per heavy atom. The third kappa shape index (κ3) is 4.34. The number of allylic oxidation sites excluding steroid dienone is 2. The van der Waals surface area contributed by atoms with Gasteiger partial charge in [-0.05, 0) is 42.0 Å². The van der Waals surface area contributed by atoms with Crippen molar-refractivity contribution in [2.75, 3.05) is 5.32 Å². The van der Waals surface area contributed by atoms with Gasteiger partial charge in [0.2, 0.25) is 5.91 Å². The van der Waals surface area contributed by atoms with E-state index in [0.29, 0.717) is 11.3 Å². The number of halogens is 2. The van der Waals surface area contributed by atoms with Gasteiger partial charge in [-0.25, -0.2) is 9.18 Å². The molecule has 0 aromatic heterocycles. The molecule has 0 saturated carbocycles. The molecular weight excluding hydrogens is 412 g/mol. The Labute approximate surface area is 183 Å². The normalized spacial score (nSPS) is 20.0. The molecule has 1 amide bonds. The van der Waals surface area contributed by atoms with E-state index in [0.717, 1.165) is 6.08 Å². The molecule has 4 rings (SSSR count). The Hall–Kier alpha value is -4.06. The van der Waals surface area contributed by atoms with E-state index in [2.05, 4.69) is 5.32 Å². The molecule has 32 heavy (non-hydrogen) atoms. The van der Waals surface area contributed by atoms with Crippen molar-refractivity contribution in [3.05, 3.63) is 120 Å². The van der Waals surface area contributed by atoms with Gasteiger partial charge in [-0.1, -0.05) is 66.7 Å². The summed E-state index contributed by atoms with van der Waals surface area (Å²) >= 11 is 0.